The zero-order valence-corrected chi connectivity index (χ0v) is 29.3. The van der Waals surface area contributed by atoms with Gasteiger partial charge in [0.2, 0.25) is 0 Å². The molecule has 0 rings (SSSR count). The molecule has 0 atom stereocenters. The van der Waals surface area contributed by atoms with Gasteiger partial charge < -0.3 is 11.5 Å². The third kappa shape index (κ3) is 47.1. The maximum Gasteiger partial charge on any atom is -0.00773 e. The average molecular weight is 581 g/mol. The SMILES string of the molecule is CCCCCCCCCCCCCCCCCCCCN.CCCCCCCCCCCCCCCCCCCN. The number of rotatable bonds is 35. The molecule has 0 fully saturated rings. The smallest absolute Gasteiger partial charge is 0.00773 e. The van der Waals surface area contributed by atoms with Crippen LogP contribution in [0, 0.1) is 0 Å². The van der Waals surface area contributed by atoms with Gasteiger partial charge in [-0.25, -0.2) is 0 Å². The standard InChI is InChI=1S/C20H43N.C19H41N/c1-2-3-4-5-6-7-8-9-10-11-12-13-14-15-16-17-18-19-20-21;1-2-3-4-5-6-7-8-9-10-11-12-13-14-15-16-17-18-19-20/h2-21H2,1H3;2-20H2,1H3. The highest BCUT2D eigenvalue weighted by Crippen LogP contribution is 2.15. The van der Waals surface area contributed by atoms with E-state index < -0.39 is 0 Å². The summed E-state index contributed by atoms with van der Waals surface area (Å²) in [6.45, 7) is 6.33. The summed E-state index contributed by atoms with van der Waals surface area (Å²) in [6, 6.07) is 0. The molecule has 4 N–H and O–H groups in total. The Kier molecular flexibility index (Phi) is 46.6. The van der Waals surface area contributed by atoms with Gasteiger partial charge in [-0.1, -0.05) is 226 Å². The van der Waals surface area contributed by atoms with E-state index in [9.17, 15) is 0 Å². The molecule has 41 heavy (non-hydrogen) atoms. The summed E-state index contributed by atoms with van der Waals surface area (Å²) in [5.41, 5.74) is 11.0. The van der Waals surface area contributed by atoms with Gasteiger partial charge in [-0.05, 0) is 25.9 Å². The first-order valence-corrected chi connectivity index (χ1v) is 19.7. The molecule has 0 aliphatic carbocycles. The molecule has 0 amide bonds. The van der Waals surface area contributed by atoms with Crippen LogP contribution in [-0.4, -0.2) is 13.1 Å². The number of nitrogens with two attached hydrogens (primary N) is 2. The predicted octanol–water partition coefficient (Wildman–Crippen LogP) is 13.6. The zero-order chi connectivity index (χ0) is 30.2. The Morgan fingerprint density at radius 3 is 0.439 bits per heavy atom. The van der Waals surface area contributed by atoms with Crippen molar-refractivity contribution in [2.75, 3.05) is 13.1 Å². The molecule has 0 aliphatic rings. The first-order chi connectivity index (χ1) is 20.3. The van der Waals surface area contributed by atoms with Crippen LogP contribution in [0.2, 0.25) is 0 Å². The molecule has 0 heterocycles. The van der Waals surface area contributed by atoms with E-state index in [1.165, 1.54) is 225 Å². The summed E-state index contributed by atoms with van der Waals surface area (Å²) in [5.74, 6) is 0. The highest BCUT2D eigenvalue weighted by Gasteiger charge is 1.96. The van der Waals surface area contributed by atoms with E-state index >= 15 is 0 Å². The summed E-state index contributed by atoms with van der Waals surface area (Å²) in [5, 5.41) is 0. The number of unbranched alkanes of at least 4 members (excludes halogenated alkanes) is 33. The zero-order valence-electron chi connectivity index (χ0n) is 29.3. The Morgan fingerprint density at radius 2 is 0.317 bits per heavy atom. The lowest BCUT2D eigenvalue weighted by molar-refractivity contribution is 0.525. The van der Waals surface area contributed by atoms with Crippen molar-refractivity contribution < 1.29 is 0 Å². The second kappa shape index (κ2) is 44.4. The van der Waals surface area contributed by atoms with Crippen molar-refractivity contribution >= 4 is 0 Å². The first-order valence-electron chi connectivity index (χ1n) is 19.7. The molecule has 0 aromatic rings. The molecule has 2 heteroatoms. The van der Waals surface area contributed by atoms with Crippen LogP contribution >= 0.6 is 0 Å². The van der Waals surface area contributed by atoms with E-state index in [1.807, 2.05) is 0 Å². The molecular formula is C39H84N2. The summed E-state index contributed by atoms with van der Waals surface area (Å²) in [7, 11) is 0. The van der Waals surface area contributed by atoms with Crippen LogP contribution in [0.3, 0.4) is 0 Å². The topological polar surface area (TPSA) is 52.0 Å². The minimum atomic E-state index is 0.874. The maximum atomic E-state index is 5.49. The second-order valence-electron chi connectivity index (χ2n) is 13.2. The Hall–Kier alpha value is -0.0800. The monoisotopic (exact) mass is 581 g/mol. The summed E-state index contributed by atoms with van der Waals surface area (Å²) in [4.78, 5) is 0. The quantitative estimate of drug-likeness (QED) is 0.0732. The molecule has 0 bridgehead atoms. The van der Waals surface area contributed by atoms with Gasteiger partial charge in [0.15, 0.2) is 0 Å². The fourth-order valence-electron chi connectivity index (χ4n) is 5.92. The normalized spacial score (nSPS) is 11.1. The maximum absolute atomic E-state index is 5.49. The molecule has 0 aromatic carbocycles. The van der Waals surface area contributed by atoms with Crippen molar-refractivity contribution in [1.82, 2.24) is 0 Å². The molecule has 0 spiro atoms. The number of hydrogen-bond acceptors (Lipinski definition) is 2. The van der Waals surface area contributed by atoms with Crippen LogP contribution in [0.4, 0.5) is 0 Å². The van der Waals surface area contributed by atoms with Crippen LogP contribution in [-0.2, 0) is 0 Å². The van der Waals surface area contributed by atoms with Crippen LogP contribution in [0.1, 0.15) is 239 Å². The van der Waals surface area contributed by atoms with E-state index in [4.69, 9.17) is 11.5 Å². The molecule has 0 saturated heterocycles. The molecule has 250 valence electrons. The predicted molar refractivity (Wildman–Crippen MR) is 191 cm³/mol. The van der Waals surface area contributed by atoms with Crippen LogP contribution in [0.5, 0.6) is 0 Å². The molecule has 0 aromatic heterocycles. The van der Waals surface area contributed by atoms with Gasteiger partial charge in [0.1, 0.15) is 0 Å². The fourth-order valence-corrected chi connectivity index (χ4v) is 5.92. The minimum absolute atomic E-state index is 0.874. The van der Waals surface area contributed by atoms with E-state index in [0.717, 1.165) is 13.1 Å². The average Bonchev–Trinajstić information content (AvgIpc) is 2.99. The Morgan fingerprint density at radius 1 is 0.195 bits per heavy atom. The van der Waals surface area contributed by atoms with Gasteiger partial charge in [0, 0.05) is 0 Å². The minimum Gasteiger partial charge on any atom is -0.330 e. The van der Waals surface area contributed by atoms with Crippen molar-refractivity contribution in [3.05, 3.63) is 0 Å². The van der Waals surface area contributed by atoms with Gasteiger partial charge >= 0.3 is 0 Å². The van der Waals surface area contributed by atoms with Gasteiger partial charge in [0.25, 0.3) is 0 Å². The van der Waals surface area contributed by atoms with E-state index in [-0.39, 0.29) is 0 Å². The highest BCUT2D eigenvalue weighted by atomic mass is 14.5. The second-order valence-corrected chi connectivity index (χ2v) is 13.2. The summed E-state index contributed by atoms with van der Waals surface area (Å²) >= 11 is 0. The van der Waals surface area contributed by atoms with Crippen molar-refractivity contribution in [2.45, 2.75) is 239 Å². The van der Waals surface area contributed by atoms with Crippen LogP contribution in [0.25, 0.3) is 0 Å². The largest absolute Gasteiger partial charge is 0.330 e. The third-order valence-corrected chi connectivity index (χ3v) is 8.87. The van der Waals surface area contributed by atoms with Crippen molar-refractivity contribution in [1.29, 1.82) is 0 Å². The lowest BCUT2D eigenvalue weighted by Crippen LogP contribution is -1.97. The molecule has 0 aliphatic heterocycles. The van der Waals surface area contributed by atoms with Gasteiger partial charge in [-0.15, -0.1) is 0 Å². The third-order valence-electron chi connectivity index (χ3n) is 8.87. The van der Waals surface area contributed by atoms with E-state index in [0.29, 0.717) is 0 Å². The molecule has 2 nitrogen and oxygen atoms in total. The van der Waals surface area contributed by atoms with Gasteiger partial charge in [0.05, 0.1) is 0 Å². The van der Waals surface area contributed by atoms with Crippen molar-refractivity contribution in [2.24, 2.45) is 11.5 Å². The fraction of sp³-hybridized carbons (Fsp3) is 1.00. The summed E-state index contributed by atoms with van der Waals surface area (Å²) < 4.78 is 0. The van der Waals surface area contributed by atoms with Crippen molar-refractivity contribution in [3.63, 3.8) is 0 Å². The lowest BCUT2D eigenvalue weighted by atomic mass is 10.0. The van der Waals surface area contributed by atoms with Crippen LogP contribution < -0.4 is 11.5 Å². The first kappa shape index (κ1) is 43.0. The molecular weight excluding hydrogens is 496 g/mol. The Labute approximate surface area is 262 Å². The lowest BCUT2D eigenvalue weighted by Gasteiger charge is -2.03. The summed E-state index contributed by atoms with van der Waals surface area (Å²) in [6.07, 6.45) is 50.2. The highest BCUT2D eigenvalue weighted by molar-refractivity contribution is 4.52. The molecule has 0 saturated carbocycles. The van der Waals surface area contributed by atoms with Crippen LogP contribution in [0.15, 0.2) is 0 Å². The number of hydrogen-bond donors (Lipinski definition) is 2. The van der Waals surface area contributed by atoms with Crippen molar-refractivity contribution in [3.8, 4) is 0 Å². The van der Waals surface area contributed by atoms with E-state index in [2.05, 4.69) is 13.8 Å². The Balaban J connectivity index is 0. The molecule has 0 radical (unpaired) electrons. The Bertz CT molecular complexity index is 361. The van der Waals surface area contributed by atoms with Gasteiger partial charge in [-0.3, -0.25) is 0 Å². The molecule has 0 unspecified atom stereocenters. The van der Waals surface area contributed by atoms with E-state index in [1.54, 1.807) is 0 Å². The van der Waals surface area contributed by atoms with Gasteiger partial charge in [-0.2, -0.15) is 0 Å².